The molecule has 1 aromatic rings. The van der Waals surface area contributed by atoms with Gasteiger partial charge < -0.3 is 0 Å². The molecule has 0 amide bonds. The molecule has 0 bridgehead atoms. The number of piperidine rings is 1. The second-order valence-electron chi connectivity index (χ2n) is 4.48. The van der Waals surface area contributed by atoms with Crippen molar-refractivity contribution in [3.8, 4) is 0 Å². The molecule has 1 aromatic carbocycles. The Kier molecular flexibility index (Phi) is 4.54. The zero-order chi connectivity index (χ0) is 13.2. The number of sulfonamides is 1. The molecule has 0 radical (unpaired) electrons. The van der Waals surface area contributed by atoms with Crippen LogP contribution in [0.4, 0.5) is 0 Å². The van der Waals surface area contributed by atoms with Crippen LogP contribution in [-0.4, -0.2) is 31.7 Å². The number of nitrogens with zero attached hydrogens (tertiary/aromatic N) is 1. The molecule has 1 atom stereocenters. The summed E-state index contributed by atoms with van der Waals surface area (Å²) in [7, 11) is -3.44. The number of alkyl halides is 1. The summed E-state index contributed by atoms with van der Waals surface area (Å²) in [5.41, 5.74) is 0. The Balaban J connectivity index is 2.25. The maximum atomic E-state index is 12.4. The van der Waals surface area contributed by atoms with Crippen LogP contribution in [0, 0.1) is 5.92 Å². The minimum absolute atomic E-state index is 0.245. The predicted molar refractivity (Wildman–Crippen MR) is 73.7 cm³/mol. The highest BCUT2D eigenvalue weighted by atomic mass is 35.5. The summed E-state index contributed by atoms with van der Waals surface area (Å²) in [5.74, 6) is 0.746. The minimum atomic E-state index is -3.44. The lowest BCUT2D eigenvalue weighted by Crippen LogP contribution is -2.40. The van der Waals surface area contributed by atoms with E-state index in [1.807, 2.05) is 0 Å². The number of rotatable bonds is 3. The molecule has 6 heteroatoms. The van der Waals surface area contributed by atoms with Crippen molar-refractivity contribution in [1.82, 2.24) is 4.31 Å². The number of hydrogen-bond donors (Lipinski definition) is 0. The van der Waals surface area contributed by atoms with Gasteiger partial charge in [0.1, 0.15) is 0 Å². The van der Waals surface area contributed by atoms with Gasteiger partial charge in [0, 0.05) is 24.0 Å². The topological polar surface area (TPSA) is 37.4 Å². The van der Waals surface area contributed by atoms with E-state index in [0.29, 0.717) is 24.0 Å². The van der Waals surface area contributed by atoms with Crippen molar-refractivity contribution in [3.63, 3.8) is 0 Å². The van der Waals surface area contributed by atoms with Crippen LogP contribution < -0.4 is 0 Å². The van der Waals surface area contributed by atoms with Gasteiger partial charge in [0.25, 0.3) is 0 Å². The van der Waals surface area contributed by atoms with Crippen LogP contribution >= 0.6 is 23.2 Å². The molecule has 1 saturated heterocycles. The summed E-state index contributed by atoms with van der Waals surface area (Å²) in [6.45, 7) is 1.06. The van der Waals surface area contributed by atoms with Crippen molar-refractivity contribution in [1.29, 1.82) is 0 Å². The Hall–Kier alpha value is -0.290. The monoisotopic (exact) mass is 307 g/mol. The van der Waals surface area contributed by atoms with Crippen molar-refractivity contribution in [2.45, 2.75) is 17.7 Å². The van der Waals surface area contributed by atoms with Gasteiger partial charge in [0.05, 0.1) is 4.90 Å². The van der Waals surface area contributed by atoms with Crippen LogP contribution in [0.5, 0.6) is 0 Å². The highest BCUT2D eigenvalue weighted by Gasteiger charge is 2.29. The first-order valence-electron chi connectivity index (χ1n) is 5.85. The van der Waals surface area contributed by atoms with Crippen LogP contribution in [-0.2, 0) is 10.0 Å². The highest BCUT2D eigenvalue weighted by molar-refractivity contribution is 7.89. The molecule has 100 valence electrons. The van der Waals surface area contributed by atoms with Crippen LogP contribution in [0.2, 0.25) is 5.02 Å². The molecule has 1 aliphatic rings. The summed E-state index contributed by atoms with van der Waals surface area (Å²) in [6, 6.07) is 6.38. The molecule has 1 aliphatic heterocycles. The molecule has 2 rings (SSSR count). The largest absolute Gasteiger partial charge is 0.243 e. The summed E-state index contributed by atoms with van der Waals surface area (Å²) < 4.78 is 26.4. The maximum absolute atomic E-state index is 12.4. The Bertz CT molecular complexity index is 519. The van der Waals surface area contributed by atoms with Gasteiger partial charge >= 0.3 is 0 Å². The quantitative estimate of drug-likeness (QED) is 0.805. The summed E-state index contributed by atoms with van der Waals surface area (Å²) in [6.07, 6.45) is 1.85. The zero-order valence-electron chi connectivity index (χ0n) is 9.85. The molecule has 3 nitrogen and oxygen atoms in total. The van der Waals surface area contributed by atoms with Gasteiger partial charge in [-0.3, -0.25) is 0 Å². The van der Waals surface area contributed by atoms with E-state index in [1.54, 1.807) is 18.2 Å². The SMILES string of the molecule is O=S(=O)(c1cccc(Cl)c1)N1CCCC(CCl)C1. The first-order valence-corrected chi connectivity index (χ1v) is 8.21. The fourth-order valence-corrected chi connectivity index (χ4v) is 4.26. The lowest BCUT2D eigenvalue weighted by molar-refractivity contribution is 0.283. The molecular weight excluding hydrogens is 293 g/mol. The van der Waals surface area contributed by atoms with Crippen LogP contribution in [0.1, 0.15) is 12.8 Å². The third-order valence-electron chi connectivity index (χ3n) is 3.13. The predicted octanol–water partition coefficient (Wildman–Crippen LogP) is 2.98. The van der Waals surface area contributed by atoms with Gasteiger partial charge in [-0.15, -0.1) is 11.6 Å². The van der Waals surface area contributed by atoms with E-state index in [-0.39, 0.29) is 10.8 Å². The molecule has 0 saturated carbocycles. The van der Waals surface area contributed by atoms with Crippen molar-refractivity contribution in [3.05, 3.63) is 29.3 Å². The molecule has 1 fully saturated rings. The van der Waals surface area contributed by atoms with E-state index in [4.69, 9.17) is 23.2 Å². The Morgan fingerprint density at radius 2 is 2.17 bits per heavy atom. The average molecular weight is 308 g/mol. The maximum Gasteiger partial charge on any atom is 0.243 e. The molecule has 0 N–H and O–H groups in total. The van der Waals surface area contributed by atoms with E-state index >= 15 is 0 Å². The fraction of sp³-hybridized carbons (Fsp3) is 0.500. The van der Waals surface area contributed by atoms with Gasteiger partial charge in [-0.2, -0.15) is 4.31 Å². The van der Waals surface area contributed by atoms with E-state index in [0.717, 1.165) is 12.8 Å². The van der Waals surface area contributed by atoms with E-state index < -0.39 is 10.0 Å². The van der Waals surface area contributed by atoms with Crippen molar-refractivity contribution >= 4 is 33.2 Å². The Labute approximate surface area is 118 Å². The molecule has 0 aromatic heterocycles. The highest BCUT2D eigenvalue weighted by Crippen LogP contribution is 2.25. The Morgan fingerprint density at radius 3 is 2.83 bits per heavy atom. The van der Waals surface area contributed by atoms with Crippen molar-refractivity contribution in [2.24, 2.45) is 5.92 Å². The standard InChI is InChI=1S/C12H15Cl2NO2S/c13-8-10-3-2-6-15(9-10)18(16,17)12-5-1-4-11(14)7-12/h1,4-5,7,10H,2-3,6,8-9H2. The first-order chi connectivity index (χ1) is 8.54. The van der Waals surface area contributed by atoms with Gasteiger partial charge in [-0.05, 0) is 37.0 Å². The van der Waals surface area contributed by atoms with Gasteiger partial charge in [0.15, 0.2) is 0 Å². The van der Waals surface area contributed by atoms with Gasteiger partial charge in [-0.1, -0.05) is 17.7 Å². The average Bonchev–Trinajstić information content (AvgIpc) is 2.39. The normalized spacial score (nSPS) is 22.0. The fourth-order valence-electron chi connectivity index (χ4n) is 2.15. The molecule has 0 aliphatic carbocycles. The minimum Gasteiger partial charge on any atom is -0.207 e. The molecule has 1 unspecified atom stereocenters. The lowest BCUT2D eigenvalue weighted by atomic mass is 10.0. The lowest BCUT2D eigenvalue weighted by Gasteiger charge is -2.30. The van der Waals surface area contributed by atoms with Gasteiger partial charge in [0.2, 0.25) is 10.0 Å². The first kappa shape index (κ1) is 14.1. The van der Waals surface area contributed by atoms with Crippen LogP contribution in [0.25, 0.3) is 0 Å². The third-order valence-corrected chi connectivity index (χ3v) is 5.67. The summed E-state index contributed by atoms with van der Waals surface area (Å²) in [4.78, 5) is 0.255. The molecule has 0 spiro atoms. The third kappa shape index (κ3) is 2.99. The van der Waals surface area contributed by atoms with E-state index in [2.05, 4.69) is 0 Å². The number of benzene rings is 1. The molecule has 1 heterocycles. The smallest absolute Gasteiger partial charge is 0.207 e. The van der Waals surface area contributed by atoms with Crippen LogP contribution in [0.3, 0.4) is 0 Å². The van der Waals surface area contributed by atoms with Gasteiger partial charge in [-0.25, -0.2) is 8.42 Å². The van der Waals surface area contributed by atoms with Crippen LogP contribution in [0.15, 0.2) is 29.2 Å². The van der Waals surface area contributed by atoms with Crippen molar-refractivity contribution in [2.75, 3.05) is 19.0 Å². The number of hydrogen-bond acceptors (Lipinski definition) is 2. The summed E-state index contributed by atoms with van der Waals surface area (Å²) in [5, 5.41) is 0.432. The Morgan fingerprint density at radius 1 is 1.39 bits per heavy atom. The van der Waals surface area contributed by atoms with E-state index in [1.165, 1.54) is 10.4 Å². The molecule has 18 heavy (non-hydrogen) atoms. The zero-order valence-corrected chi connectivity index (χ0v) is 12.2. The van der Waals surface area contributed by atoms with E-state index in [9.17, 15) is 8.42 Å². The second kappa shape index (κ2) is 5.78. The summed E-state index contributed by atoms with van der Waals surface area (Å²) >= 11 is 11.7. The van der Waals surface area contributed by atoms with Crippen molar-refractivity contribution < 1.29 is 8.42 Å². The number of halogens is 2. The molecular formula is C12H15Cl2NO2S. The second-order valence-corrected chi connectivity index (χ2v) is 7.17.